The molecule has 0 bridgehead atoms. The minimum Gasteiger partial charge on any atom is -0.389 e. The summed E-state index contributed by atoms with van der Waals surface area (Å²) in [5, 5.41) is 3.30. The fraction of sp³-hybridized carbons (Fsp3) is 0.538. The molecule has 100 valence electrons. The van der Waals surface area contributed by atoms with Crippen molar-refractivity contribution in [3.63, 3.8) is 0 Å². The second kappa shape index (κ2) is 6.66. The highest BCUT2D eigenvalue weighted by Crippen LogP contribution is 2.16. The number of likely N-dealkylation sites (N-methyl/N-ethyl adjacent to an activating group) is 1. The van der Waals surface area contributed by atoms with Gasteiger partial charge in [-0.2, -0.15) is 0 Å². The topological polar surface area (TPSA) is 54.2 Å². The predicted molar refractivity (Wildman–Crippen MR) is 81.1 cm³/mol. The second-order valence-electron chi connectivity index (χ2n) is 4.72. The molecule has 0 amide bonds. The molecule has 1 aromatic heterocycles. The number of hydrogen-bond acceptors (Lipinski definition) is 4. The van der Waals surface area contributed by atoms with Crippen LogP contribution in [0.25, 0.3) is 0 Å². The molecule has 1 rings (SSSR count). The minimum atomic E-state index is 0.389. The van der Waals surface area contributed by atoms with Crippen molar-refractivity contribution in [2.24, 2.45) is 5.73 Å². The van der Waals surface area contributed by atoms with Crippen LogP contribution in [0.5, 0.6) is 0 Å². The summed E-state index contributed by atoms with van der Waals surface area (Å²) < 4.78 is 0. The van der Waals surface area contributed by atoms with E-state index in [-0.39, 0.29) is 0 Å². The van der Waals surface area contributed by atoms with Gasteiger partial charge in [0.2, 0.25) is 0 Å². The molecule has 0 aliphatic rings. The van der Waals surface area contributed by atoms with E-state index in [1.807, 2.05) is 13.0 Å². The van der Waals surface area contributed by atoms with E-state index in [1.165, 1.54) is 0 Å². The molecule has 0 atom stereocenters. The fourth-order valence-electron chi connectivity index (χ4n) is 1.61. The van der Waals surface area contributed by atoms with Gasteiger partial charge < -0.3 is 16.0 Å². The van der Waals surface area contributed by atoms with E-state index in [1.54, 1.807) is 6.20 Å². The largest absolute Gasteiger partial charge is 0.389 e. The van der Waals surface area contributed by atoms with Crippen molar-refractivity contribution in [1.29, 1.82) is 0 Å². The average molecular weight is 266 g/mol. The first-order chi connectivity index (χ1) is 8.43. The molecule has 0 saturated heterocycles. The monoisotopic (exact) mass is 266 g/mol. The fourth-order valence-corrected chi connectivity index (χ4v) is 1.87. The summed E-state index contributed by atoms with van der Waals surface area (Å²) >= 11 is 5.07. The first kappa shape index (κ1) is 14.9. The Hall–Kier alpha value is -1.20. The molecule has 1 heterocycles. The zero-order valence-corrected chi connectivity index (χ0v) is 12.3. The Labute approximate surface area is 115 Å². The lowest BCUT2D eigenvalue weighted by molar-refractivity contribution is 0.284. The smallest absolute Gasteiger partial charge is 0.136 e. The Bertz CT molecular complexity index is 417. The van der Waals surface area contributed by atoms with Crippen molar-refractivity contribution in [2.75, 3.05) is 25.5 Å². The van der Waals surface area contributed by atoms with Gasteiger partial charge in [0.15, 0.2) is 0 Å². The quantitative estimate of drug-likeness (QED) is 0.769. The number of anilines is 1. The Morgan fingerprint density at radius 3 is 2.78 bits per heavy atom. The molecule has 0 spiro atoms. The standard InChI is InChI=1S/C13H22N4S/c1-9(2)17(4)8-7-16-13-11(12(14)18)10(3)5-6-15-13/h5-6,9H,7-8H2,1-4H3,(H2,14,18)(H,15,16). The molecule has 0 fully saturated rings. The lowest BCUT2D eigenvalue weighted by Gasteiger charge is -2.21. The van der Waals surface area contributed by atoms with Crippen LogP contribution in [-0.4, -0.2) is 41.1 Å². The molecule has 0 unspecified atom stereocenters. The number of aromatic nitrogens is 1. The molecule has 3 N–H and O–H groups in total. The number of aryl methyl sites for hydroxylation is 1. The van der Waals surface area contributed by atoms with Gasteiger partial charge >= 0.3 is 0 Å². The van der Waals surface area contributed by atoms with Crippen molar-refractivity contribution in [3.8, 4) is 0 Å². The molecule has 18 heavy (non-hydrogen) atoms. The number of thiocarbonyl (C=S) groups is 1. The highest BCUT2D eigenvalue weighted by molar-refractivity contribution is 7.80. The minimum absolute atomic E-state index is 0.389. The number of nitrogens with zero attached hydrogens (tertiary/aromatic N) is 2. The Morgan fingerprint density at radius 2 is 2.22 bits per heavy atom. The molecule has 0 aliphatic carbocycles. The van der Waals surface area contributed by atoms with Gasteiger partial charge in [-0.3, -0.25) is 0 Å². The van der Waals surface area contributed by atoms with Crippen LogP contribution in [0, 0.1) is 6.92 Å². The van der Waals surface area contributed by atoms with Crippen LogP contribution in [0.15, 0.2) is 12.3 Å². The predicted octanol–water partition coefficient (Wildman–Crippen LogP) is 1.78. The number of hydrogen-bond donors (Lipinski definition) is 2. The lowest BCUT2D eigenvalue weighted by atomic mass is 10.1. The molecule has 4 nitrogen and oxygen atoms in total. The Kier molecular flexibility index (Phi) is 5.50. The van der Waals surface area contributed by atoms with Gasteiger partial charge in [-0.25, -0.2) is 4.98 Å². The molecular weight excluding hydrogens is 244 g/mol. The van der Waals surface area contributed by atoms with Crippen molar-refractivity contribution >= 4 is 23.0 Å². The molecule has 0 saturated carbocycles. The number of rotatable bonds is 6. The van der Waals surface area contributed by atoms with Gasteiger partial charge in [-0.15, -0.1) is 0 Å². The molecule has 0 radical (unpaired) electrons. The van der Waals surface area contributed by atoms with Gasteiger partial charge in [0.05, 0.1) is 5.56 Å². The third kappa shape index (κ3) is 3.92. The third-order valence-corrected chi connectivity index (χ3v) is 3.25. The summed E-state index contributed by atoms with van der Waals surface area (Å²) in [7, 11) is 2.10. The highest BCUT2D eigenvalue weighted by atomic mass is 32.1. The second-order valence-corrected chi connectivity index (χ2v) is 5.16. The van der Waals surface area contributed by atoms with E-state index in [9.17, 15) is 0 Å². The van der Waals surface area contributed by atoms with E-state index in [2.05, 4.69) is 36.1 Å². The van der Waals surface area contributed by atoms with Crippen LogP contribution in [0.4, 0.5) is 5.82 Å². The van der Waals surface area contributed by atoms with Crippen LogP contribution in [0.1, 0.15) is 25.0 Å². The average Bonchev–Trinajstić information content (AvgIpc) is 2.28. The van der Waals surface area contributed by atoms with Gasteiger partial charge in [0.25, 0.3) is 0 Å². The van der Waals surface area contributed by atoms with Crippen LogP contribution >= 0.6 is 12.2 Å². The zero-order valence-electron chi connectivity index (χ0n) is 11.5. The normalized spacial score (nSPS) is 11.0. The van der Waals surface area contributed by atoms with Crippen molar-refractivity contribution in [3.05, 3.63) is 23.4 Å². The summed E-state index contributed by atoms with van der Waals surface area (Å²) in [5.74, 6) is 0.777. The molecule has 0 aromatic carbocycles. The van der Waals surface area contributed by atoms with E-state index < -0.39 is 0 Å². The van der Waals surface area contributed by atoms with E-state index >= 15 is 0 Å². The van der Waals surface area contributed by atoms with Crippen LogP contribution in [-0.2, 0) is 0 Å². The number of nitrogens with one attached hydrogen (secondary N) is 1. The first-order valence-electron chi connectivity index (χ1n) is 6.13. The summed E-state index contributed by atoms with van der Waals surface area (Å²) in [6, 6.07) is 2.45. The summed E-state index contributed by atoms with van der Waals surface area (Å²) in [5.41, 5.74) is 7.64. The first-order valence-corrected chi connectivity index (χ1v) is 6.53. The van der Waals surface area contributed by atoms with Crippen LogP contribution in [0.3, 0.4) is 0 Å². The van der Waals surface area contributed by atoms with Gasteiger partial charge in [-0.05, 0) is 39.4 Å². The van der Waals surface area contributed by atoms with Crippen molar-refractivity contribution in [1.82, 2.24) is 9.88 Å². The molecular formula is C13H22N4S. The zero-order chi connectivity index (χ0) is 13.7. The van der Waals surface area contributed by atoms with Crippen molar-refractivity contribution in [2.45, 2.75) is 26.8 Å². The van der Waals surface area contributed by atoms with Gasteiger partial charge in [0, 0.05) is 25.3 Å². The molecule has 5 heteroatoms. The lowest BCUT2D eigenvalue weighted by Crippen LogP contribution is -2.31. The highest BCUT2D eigenvalue weighted by Gasteiger charge is 2.10. The molecule has 0 aliphatic heterocycles. The summed E-state index contributed by atoms with van der Waals surface area (Å²) in [6.07, 6.45) is 1.77. The number of pyridine rings is 1. The van der Waals surface area contributed by atoms with E-state index in [0.717, 1.165) is 30.0 Å². The van der Waals surface area contributed by atoms with Crippen LogP contribution < -0.4 is 11.1 Å². The molecule has 1 aromatic rings. The van der Waals surface area contributed by atoms with Crippen LogP contribution in [0.2, 0.25) is 0 Å². The maximum Gasteiger partial charge on any atom is 0.136 e. The van der Waals surface area contributed by atoms with E-state index in [4.69, 9.17) is 18.0 Å². The maximum atomic E-state index is 5.74. The van der Waals surface area contributed by atoms with Crippen molar-refractivity contribution < 1.29 is 0 Å². The SMILES string of the molecule is Cc1ccnc(NCCN(C)C(C)C)c1C(N)=S. The summed E-state index contributed by atoms with van der Waals surface area (Å²) in [6.45, 7) is 8.10. The number of nitrogens with two attached hydrogens (primary N) is 1. The maximum absolute atomic E-state index is 5.74. The van der Waals surface area contributed by atoms with Gasteiger partial charge in [-0.1, -0.05) is 12.2 Å². The Morgan fingerprint density at radius 1 is 1.56 bits per heavy atom. The summed E-state index contributed by atoms with van der Waals surface area (Å²) in [4.78, 5) is 6.96. The van der Waals surface area contributed by atoms with E-state index in [0.29, 0.717) is 11.0 Å². The third-order valence-electron chi connectivity index (χ3n) is 3.04. The Balaban J connectivity index is 2.68. The van der Waals surface area contributed by atoms with Gasteiger partial charge in [0.1, 0.15) is 10.8 Å².